The maximum Gasteiger partial charge on any atom is 0.162 e. The molecule has 5 rings (SSSR count). The zero-order chi connectivity index (χ0) is 22.6. The van der Waals surface area contributed by atoms with Gasteiger partial charge < -0.3 is 19.7 Å². The van der Waals surface area contributed by atoms with Crippen LogP contribution in [0.5, 0.6) is 11.5 Å². The van der Waals surface area contributed by atoms with Gasteiger partial charge in [0, 0.05) is 66.4 Å². The van der Waals surface area contributed by atoms with E-state index in [9.17, 15) is 0 Å². The third-order valence-corrected chi connectivity index (χ3v) is 5.96. The highest BCUT2D eigenvalue weighted by atomic mass is 16.5. The van der Waals surface area contributed by atoms with Crippen LogP contribution in [0.2, 0.25) is 0 Å². The summed E-state index contributed by atoms with van der Waals surface area (Å²) in [6.45, 7) is 1.80. The van der Waals surface area contributed by atoms with E-state index in [1.54, 1.807) is 26.6 Å². The van der Waals surface area contributed by atoms with Crippen LogP contribution in [-0.4, -0.2) is 48.3 Å². The predicted octanol–water partition coefficient (Wildman–Crippen LogP) is 4.79. The molecule has 3 heterocycles. The summed E-state index contributed by atoms with van der Waals surface area (Å²) in [6.07, 6.45) is 5.70. The zero-order valence-electron chi connectivity index (χ0n) is 18.9. The number of hydrogen-bond donors (Lipinski definition) is 1. The summed E-state index contributed by atoms with van der Waals surface area (Å²) < 4.78 is 10.9. The van der Waals surface area contributed by atoms with Crippen molar-refractivity contribution in [2.24, 2.45) is 0 Å². The van der Waals surface area contributed by atoms with Gasteiger partial charge in [0.05, 0.1) is 19.7 Å². The molecule has 0 spiro atoms. The lowest BCUT2D eigenvalue weighted by atomic mass is 10.0. The van der Waals surface area contributed by atoms with Crippen molar-refractivity contribution < 1.29 is 9.47 Å². The van der Waals surface area contributed by atoms with E-state index in [0.29, 0.717) is 0 Å². The summed E-state index contributed by atoms with van der Waals surface area (Å²) in [6, 6.07) is 18.3. The molecule has 4 aromatic rings. The topological polar surface area (TPSA) is 72.4 Å². The highest BCUT2D eigenvalue weighted by Crippen LogP contribution is 2.31. The van der Waals surface area contributed by atoms with Gasteiger partial charge in [-0.15, -0.1) is 0 Å². The number of nitrogens with zero attached hydrogens (tertiary/aromatic N) is 4. The number of anilines is 2. The normalized spacial score (nSPS) is 15.9. The van der Waals surface area contributed by atoms with E-state index in [0.717, 1.165) is 71.2 Å². The maximum absolute atomic E-state index is 5.43. The molecule has 0 aliphatic carbocycles. The third kappa shape index (κ3) is 4.53. The third-order valence-electron chi connectivity index (χ3n) is 5.96. The molecule has 7 heteroatoms. The first-order chi connectivity index (χ1) is 16.2. The molecule has 33 heavy (non-hydrogen) atoms. The molecular formula is C26H27N5O2. The summed E-state index contributed by atoms with van der Waals surface area (Å²) in [4.78, 5) is 16.3. The van der Waals surface area contributed by atoms with Crippen LogP contribution in [0.3, 0.4) is 0 Å². The summed E-state index contributed by atoms with van der Waals surface area (Å²) in [5.41, 5.74) is 2.90. The van der Waals surface area contributed by atoms with Gasteiger partial charge in [-0.1, -0.05) is 12.1 Å². The Labute approximate surface area is 193 Å². The van der Waals surface area contributed by atoms with Gasteiger partial charge >= 0.3 is 0 Å². The molecule has 1 N–H and O–H groups in total. The second-order valence-electron chi connectivity index (χ2n) is 8.15. The van der Waals surface area contributed by atoms with Crippen LogP contribution >= 0.6 is 0 Å². The van der Waals surface area contributed by atoms with Crippen molar-refractivity contribution in [1.29, 1.82) is 0 Å². The van der Waals surface area contributed by atoms with E-state index in [4.69, 9.17) is 19.4 Å². The molecule has 2 aromatic heterocycles. The number of pyridine rings is 1. The second kappa shape index (κ2) is 9.32. The Balaban J connectivity index is 1.45. The number of hydrogen-bond acceptors (Lipinski definition) is 7. The fourth-order valence-electron chi connectivity index (χ4n) is 4.34. The van der Waals surface area contributed by atoms with E-state index in [1.165, 1.54) is 0 Å². The molecule has 1 fully saturated rings. The summed E-state index contributed by atoms with van der Waals surface area (Å²) >= 11 is 0. The average molecular weight is 442 g/mol. The summed E-state index contributed by atoms with van der Waals surface area (Å²) in [5.74, 6) is 3.24. The van der Waals surface area contributed by atoms with Crippen molar-refractivity contribution in [3.63, 3.8) is 0 Å². The molecule has 1 aliphatic heterocycles. The summed E-state index contributed by atoms with van der Waals surface area (Å²) in [5, 5.41) is 4.74. The number of ether oxygens (including phenoxy) is 2. The van der Waals surface area contributed by atoms with Crippen molar-refractivity contribution >= 4 is 22.4 Å². The second-order valence-corrected chi connectivity index (χ2v) is 8.15. The minimum Gasteiger partial charge on any atom is -0.497 e. The fraction of sp³-hybridized carbons (Fsp3) is 0.269. The highest BCUT2D eigenvalue weighted by molar-refractivity contribution is 5.91. The SMILES string of the molecule is COc1cc(NC2CCCN(c3nc(-c4ccncc4)nc4ccccc34)C2)cc(OC)c1. The van der Waals surface area contributed by atoms with Crippen molar-refractivity contribution in [3.8, 4) is 22.9 Å². The van der Waals surface area contributed by atoms with Crippen LogP contribution in [0.15, 0.2) is 67.0 Å². The van der Waals surface area contributed by atoms with Gasteiger partial charge in [0.25, 0.3) is 0 Å². The molecule has 1 saturated heterocycles. The Morgan fingerprint density at radius 2 is 1.70 bits per heavy atom. The molecular weight excluding hydrogens is 414 g/mol. The van der Waals surface area contributed by atoms with Crippen LogP contribution in [0.1, 0.15) is 12.8 Å². The lowest BCUT2D eigenvalue weighted by Gasteiger charge is -2.35. The standard InChI is InChI=1S/C26H27N5O2/c1-32-21-14-20(15-22(16-21)33-2)28-19-6-5-13-31(17-19)26-23-7-3-4-8-24(23)29-25(30-26)18-9-11-27-12-10-18/h3-4,7-12,14-16,19,28H,5-6,13,17H2,1-2H3. The van der Waals surface area contributed by atoms with Crippen LogP contribution < -0.4 is 19.7 Å². The minimum atomic E-state index is 0.272. The number of piperidine rings is 1. The van der Waals surface area contributed by atoms with E-state index in [1.807, 2.05) is 48.5 Å². The Bertz CT molecular complexity index is 1230. The van der Waals surface area contributed by atoms with Crippen molar-refractivity contribution in [2.75, 3.05) is 37.5 Å². The first kappa shape index (κ1) is 21.0. The van der Waals surface area contributed by atoms with Crippen molar-refractivity contribution in [3.05, 3.63) is 67.0 Å². The largest absolute Gasteiger partial charge is 0.497 e. The highest BCUT2D eigenvalue weighted by Gasteiger charge is 2.24. The van der Waals surface area contributed by atoms with Gasteiger partial charge in [0.15, 0.2) is 5.82 Å². The molecule has 2 aromatic carbocycles. The molecule has 7 nitrogen and oxygen atoms in total. The van der Waals surface area contributed by atoms with Crippen LogP contribution in [0.25, 0.3) is 22.3 Å². The number of para-hydroxylation sites is 1. The first-order valence-electron chi connectivity index (χ1n) is 11.2. The molecule has 1 atom stereocenters. The smallest absolute Gasteiger partial charge is 0.162 e. The van der Waals surface area contributed by atoms with Crippen molar-refractivity contribution in [1.82, 2.24) is 15.0 Å². The van der Waals surface area contributed by atoms with Gasteiger partial charge in [0.1, 0.15) is 17.3 Å². The van der Waals surface area contributed by atoms with Gasteiger partial charge in [0.2, 0.25) is 0 Å². The monoisotopic (exact) mass is 441 g/mol. The number of methoxy groups -OCH3 is 2. The van der Waals surface area contributed by atoms with E-state index in [-0.39, 0.29) is 6.04 Å². The lowest BCUT2D eigenvalue weighted by molar-refractivity contribution is 0.394. The Hall–Kier alpha value is -3.87. The Morgan fingerprint density at radius 1 is 0.939 bits per heavy atom. The van der Waals surface area contributed by atoms with Gasteiger partial charge in [-0.25, -0.2) is 9.97 Å². The average Bonchev–Trinajstić information content (AvgIpc) is 2.88. The van der Waals surface area contributed by atoms with E-state index in [2.05, 4.69) is 21.3 Å². The molecule has 0 radical (unpaired) electrons. The first-order valence-corrected chi connectivity index (χ1v) is 11.2. The molecule has 0 bridgehead atoms. The lowest BCUT2D eigenvalue weighted by Crippen LogP contribution is -2.42. The Morgan fingerprint density at radius 3 is 2.45 bits per heavy atom. The molecule has 168 valence electrons. The summed E-state index contributed by atoms with van der Waals surface area (Å²) in [7, 11) is 3.34. The van der Waals surface area contributed by atoms with Crippen LogP contribution in [0, 0.1) is 0 Å². The maximum atomic E-state index is 5.43. The Kier molecular flexibility index (Phi) is 5.93. The van der Waals surface area contributed by atoms with Gasteiger partial charge in [-0.2, -0.15) is 0 Å². The van der Waals surface area contributed by atoms with Gasteiger partial charge in [-0.3, -0.25) is 4.98 Å². The van der Waals surface area contributed by atoms with Crippen LogP contribution in [-0.2, 0) is 0 Å². The van der Waals surface area contributed by atoms with Crippen molar-refractivity contribution in [2.45, 2.75) is 18.9 Å². The molecule has 0 amide bonds. The van der Waals surface area contributed by atoms with E-state index >= 15 is 0 Å². The minimum absolute atomic E-state index is 0.272. The van der Waals surface area contributed by atoms with Crippen LogP contribution in [0.4, 0.5) is 11.5 Å². The zero-order valence-corrected chi connectivity index (χ0v) is 18.9. The molecule has 1 aliphatic rings. The predicted molar refractivity (Wildman–Crippen MR) is 131 cm³/mol. The molecule has 1 unspecified atom stereocenters. The van der Waals surface area contributed by atoms with Gasteiger partial charge in [-0.05, 0) is 37.1 Å². The quantitative estimate of drug-likeness (QED) is 0.461. The number of rotatable bonds is 6. The fourth-order valence-corrected chi connectivity index (χ4v) is 4.34. The molecule has 0 saturated carbocycles. The number of benzene rings is 2. The number of nitrogens with one attached hydrogen (secondary N) is 1. The number of fused-ring (bicyclic) bond motifs is 1. The van der Waals surface area contributed by atoms with E-state index < -0.39 is 0 Å². The number of aromatic nitrogens is 3.